The van der Waals surface area contributed by atoms with Gasteiger partial charge in [-0.3, -0.25) is 9.59 Å². The second-order valence-electron chi connectivity index (χ2n) is 5.26. The van der Waals surface area contributed by atoms with Crippen LogP contribution < -0.4 is 0 Å². The summed E-state index contributed by atoms with van der Waals surface area (Å²) in [6, 6.07) is 0. The van der Waals surface area contributed by atoms with Crippen LogP contribution in [0.3, 0.4) is 0 Å². The number of carboxylic acid groups (broad SMARTS) is 1. The Balaban J connectivity index is 2.65. The summed E-state index contributed by atoms with van der Waals surface area (Å²) < 4.78 is 0. The lowest BCUT2D eigenvalue weighted by Crippen LogP contribution is -2.44. The number of carbonyl (C=O) groups is 2. The molecular weight excluding hydrogens is 206 g/mol. The van der Waals surface area contributed by atoms with E-state index in [9.17, 15) is 9.59 Å². The van der Waals surface area contributed by atoms with E-state index in [0.29, 0.717) is 12.5 Å². The Hall–Kier alpha value is -1.06. The lowest BCUT2D eigenvalue weighted by Gasteiger charge is -2.30. The van der Waals surface area contributed by atoms with Crippen LogP contribution in [-0.2, 0) is 9.59 Å². The van der Waals surface area contributed by atoms with E-state index in [1.807, 2.05) is 20.8 Å². The molecule has 0 unspecified atom stereocenters. The minimum Gasteiger partial charge on any atom is -0.480 e. The molecule has 4 nitrogen and oxygen atoms in total. The molecular formula is C12H21NO3. The Morgan fingerprint density at radius 2 is 1.94 bits per heavy atom. The molecule has 92 valence electrons. The molecule has 0 aromatic rings. The van der Waals surface area contributed by atoms with Crippen molar-refractivity contribution in [3.05, 3.63) is 0 Å². The van der Waals surface area contributed by atoms with Crippen molar-refractivity contribution in [2.45, 2.75) is 40.0 Å². The van der Waals surface area contributed by atoms with Crippen LogP contribution in [-0.4, -0.2) is 35.0 Å². The summed E-state index contributed by atoms with van der Waals surface area (Å²) in [7, 11) is 0. The fourth-order valence-electron chi connectivity index (χ4n) is 1.57. The molecule has 0 heterocycles. The van der Waals surface area contributed by atoms with Crippen LogP contribution in [0.2, 0.25) is 0 Å². The van der Waals surface area contributed by atoms with Gasteiger partial charge in [0.25, 0.3) is 0 Å². The van der Waals surface area contributed by atoms with E-state index in [-0.39, 0.29) is 12.5 Å². The predicted molar refractivity (Wildman–Crippen MR) is 61.0 cm³/mol. The zero-order valence-electron chi connectivity index (χ0n) is 10.3. The first-order valence-corrected chi connectivity index (χ1v) is 5.88. The molecule has 0 radical (unpaired) electrons. The van der Waals surface area contributed by atoms with Gasteiger partial charge < -0.3 is 10.0 Å². The van der Waals surface area contributed by atoms with Crippen LogP contribution in [0.15, 0.2) is 0 Å². The number of amides is 1. The van der Waals surface area contributed by atoms with Crippen LogP contribution >= 0.6 is 0 Å². The lowest BCUT2D eigenvalue weighted by molar-refractivity contribution is -0.149. The highest BCUT2D eigenvalue weighted by Crippen LogP contribution is 2.31. The fraction of sp³-hybridized carbons (Fsp3) is 0.833. The summed E-state index contributed by atoms with van der Waals surface area (Å²) in [5.41, 5.74) is -0.454. The number of hydrogen-bond donors (Lipinski definition) is 1. The maximum Gasteiger partial charge on any atom is 0.323 e. The maximum absolute atomic E-state index is 12.2. The Labute approximate surface area is 96.6 Å². The molecule has 0 aromatic heterocycles. The summed E-state index contributed by atoms with van der Waals surface area (Å²) >= 11 is 0. The van der Waals surface area contributed by atoms with E-state index < -0.39 is 11.4 Å². The smallest absolute Gasteiger partial charge is 0.323 e. The zero-order valence-corrected chi connectivity index (χ0v) is 10.3. The zero-order chi connectivity index (χ0) is 12.3. The average molecular weight is 227 g/mol. The molecule has 0 saturated heterocycles. The molecule has 1 amide bonds. The minimum absolute atomic E-state index is 0.0377. The van der Waals surface area contributed by atoms with Gasteiger partial charge in [-0.15, -0.1) is 0 Å². The van der Waals surface area contributed by atoms with Gasteiger partial charge in [0.15, 0.2) is 0 Å². The van der Waals surface area contributed by atoms with E-state index in [4.69, 9.17) is 5.11 Å². The highest BCUT2D eigenvalue weighted by molar-refractivity contribution is 5.85. The summed E-state index contributed by atoms with van der Waals surface area (Å²) in [5, 5.41) is 8.81. The number of carboxylic acids is 1. The van der Waals surface area contributed by atoms with Gasteiger partial charge in [-0.25, -0.2) is 0 Å². The van der Waals surface area contributed by atoms with Crippen molar-refractivity contribution in [3.63, 3.8) is 0 Å². The van der Waals surface area contributed by atoms with Crippen molar-refractivity contribution >= 4 is 11.9 Å². The first-order valence-electron chi connectivity index (χ1n) is 5.88. The molecule has 0 atom stereocenters. The van der Waals surface area contributed by atoms with Crippen molar-refractivity contribution in [3.8, 4) is 0 Å². The van der Waals surface area contributed by atoms with Gasteiger partial charge in [0.2, 0.25) is 5.91 Å². The normalized spacial score (nSPS) is 15.9. The third-order valence-electron chi connectivity index (χ3n) is 3.25. The fourth-order valence-corrected chi connectivity index (χ4v) is 1.57. The lowest BCUT2D eigenvalue weighted by atomic mass is 9.88. The Morgan fingerprint density at radius 1 is 1.38 bits per heavy atom. The Kier molecular flexibility index (Phi) is 3.94. The van der Waals surface area contributed by atoms with E-state index >= 15 is 0 Å². The highest BCUT2D eigenvalue weighted by atomic mass is 16.4. The van der Waals surface area contributed by atoms with Crippen LogP contribution in [0.1, 0.15) is 40.0 Å². The predicted octanol–water partition coefficient (Wildman–Crippen LogP) is 1.75. The minimum atomic E-state index is -0.930. The number of rotatable bonds is 6. The third-order valence-corrected chi connectivity index (χ3v) is 3.25. The van der Waals surface area contributed by atoms with Gasteiger partial charge in [0.1, 0.15) is 6.54 Å². The second-order valence-corrected chi connectivity index (χ2v) is 5.26. The second kappa shape index (κ2) is 4.85. The third kappa shape index (κ3) is 3.51. The van der Waals surface area contributed by atoms with Gasteiger partial charge in [0, 0.05) is 12.0 Å². The quantitative estimate of drug-likeness (QED) is 0.752. The summed E-state index contributed by atoms with van der Waals surface area (Å²) in [5.74, 6) is -0.443. The van der Waals surface area contributed by atoms with Gasteiger partial charge in [-0.05, 0) is 25.2 Å². The van der Waals surface area contributed by atoms with E-state index in [1.54, 1.807) is 0 Å². The molecule has 1 aliphatic carbocycles. The van der Waals surface area contributed by atoms with Crippen LogP contribution in [0.25, 0.3) is 0 Å². The van der Waals surface area contributed by atoms with Crippen molar-refractivity contribution in [2.75, 3.05) is 13.1 Å². The monoisotopic (exact) mass is 227 g/mol. The molecule has 1 rings (SSSR count). The molecule has 1 aliphatic rings. The number of nitrogens with zero attached hydrogens (tertiary/aromatic N) is 1. The summed E-state index contributed by atoms with van der Waals surface area (Å²) in [6.07, 6.45) is 2.97. The largest absolute Gasteiger partial charge is 0.480 e. The summed E-state index contributed by atoms with van der Waals surface area (Å²) in [6.45, 7) is 6.13. The standard InChI is InChI=1S/C12H21NO3/c1-4-12(2,3)11(16)13(8-10(14)15)7-9-5-6-9/h9H,4-8H2,1-3H3,(H,14,15). The molecule has 1 fully saturated rings. The van der Waals surface area contributed by atoms with Gasteiger partial charge in [-0.2, -0.15) is 0 Å². The van der Waals surface area contributed by atoms with E-state index in [1.165, 1.54) is 4.90 Å². The Morgan fingerprint density at radius 3 is 2.31 bits per heavy atom. The van der Waals surface area contributed by atoms with Crippen LogP contribution in [0.5, 0.6) is 0 Å². The van der Waals surface area contributed by atoms with E-state index in [2.05, 4.69) is 0 Å². The molecule has 16 heavy (non-hydrogen) atoms. The van der Waals surface area contributed by atoms with Gasteiger partial charge >= 0.3 is 5.97 Å². The van der Waals surface area contributed by atoms with E-state index in [0.717, 1.165) is 19.3 Å². The number of hydrogen-bond acceptors (Lipinski definition) is 2. The van der Waals surface area contributed by atoms with Gasteiger partial charge in [-0.1, -0.05) is 20.8 Å². The molecule has 4 heteroatoms. The highest BCUT2D eigenvalue weighted by Gasteiger charge is 2.34. The summed E-state index contributed by atoms with van der Waals surface area (Å²) in [4.78, 5) is 24.4. The molecule has 1 saturated carbocycles. The molecule has 0 aromatic carbocycles. The van der Waals surface area contributed by atoms with Crippen molar-refractivity contribution < 1.29 is 14.7 Å². The van der Waals surface area contributed by atoms with Crippen molar-refractivity contribution in [1.82, 2.24) is 4.90 Å². The number of aliphatic carboxylic acids is 1. The number of carbonyl (C=O) groups excluding carboxylic acids is 1. The van der Waals surface area contributed by atoms with Crippen molar-refractivity contribution in [1.29, 1.82) is 0 Å². The van der Waals surface area contributed by atoms with Gasteiger partial charge in [0.05, 0.1) is 0 Å². The SMILES string of the molecule is CCC(C)(C)C(=O)N(CC(=O)O)CC1CC1. The first kappa shape index (κ1) is 13.0. The van der Waals surface area contributed by atoms with Crippen LogP contribution in [0.4, 0.5) is 0 Å². The van der Waals surface area contributed by atoms with Crippen molar-refractivity contribution in [2.24, 2.45) is 11.3 Å². The Bertz CT molecular complexity index is 282. The van der Waals surface area contributed by atoms with Crippen LogP contribution in [0, 0.1) is 11.3 Å². The molecule has 0 bridgehead atoms. The molecule has 0 spiro atoms. The molecule has 1 N–H and O–H groups in total. The first-order chi connectivity index (χ1) is 7.36. The maximum atomic E-state index is 12.2. The topological polar surface area (TPSA) is 57.6 Å². The molecule has 0 aliphatic heterocycles. The average Bonchev–Trinajstić information content (AvgIpc) is 2.99.